The van der Waals surface area contributed by atoms with Gasteiger partial charge in [0, 0.05) is 6.54 Å². The number of amides is 1. The van der Waals surface area contributed by atoms with Gasteiger partial charge in [-0.25, -0.2) is 0 Å². The Bertz CT molecular complexity index is 834. The fraction of sp³-hybridized carbons (Fsp3) is 0.455. The summed E-state index contributed by atoms with van der Waals surface area (Å²) in [7, 11) is 0. The van der Waals surface area contributed by atoms with Crippen molar-refractivity contribution < 1.29 is 13.9 Å². The van der Waals surface area contributed by atoms with Crippen LogP contribution in [0.25, 0.3) is 0 Å². The third-order valence-corrected chi connectivity index (χ3v) is 4.97. The van der Waals surface area contributed by atoms with Crippen LogP contribution in [0.4, 0.5) is 0 Å². The lowest BCUT2D eigenvalue weighted by molar-refractivity contribution is 0.0911. The lowest BCUT2D eigenvalue weighted by Crippen LogP contribution is -2.47. The summed E-state index contributed by atoms with van der Waals surface area (Å²) in [5.74, 6) is 1.15. The van der Waals surface area contributed by atoms with Crippen molar-refractivity contribution in [3.05, 3.63) is 53.0 Å². The zero-order chi connectivity index (χ0) is 21.9. The van der Waals surface area contributed by atoms with Gasteiger partial charge in [0.2, 0.25) is 0 Å². The molecule has 0 aliphatic heterocycles. The Morgan fingerprint density at radius 3 is 2.63 bits per heavy atom. The number of carbonyl (C=O) groups excluding carboxylic acids is 1. The van der Waals surface area contributed by atoms with E-state index in [1.165, 1.54) is 0 Å². The first kappa shape index (κ1) is 23.7. The number of carbonyl (C=O) groups is 1. The molecule has 0 atom stereocenters. The minimum atomic E-state index is -0.403. The van der Waals surface area contributed by atoms with Gasteiger partial charge in [-0.2, -0.15) is 0 Å². The molecule has 3 N–H and O–H groups in total. The van der Waals surface area contributed by atoms with Crippen LogP contribution in [0.5, 0.6) is 5.75 Å². The average molecular weight is 433 g/mol. The lowest BCUT2D eigenvalue weighted by Gasteiger charge is -2.18. The highest BCUT2D eigenvalue weighted by atomic mass is 32.1. The summed E-state index contributed by atoms with van der Waals surface area (Å²) in [5.41, 5.74) is 7.40. The third kappa shape index (κ3) is 7.68. The molecule has 1 heterocycles. The van der Waals surface area contributed by atoms with Gasteiger partial charge in [-0.1, -0.05) is 26.0 Å². The van der Waals surface area contributed by atoms with Crippen LogP contribution in [0.3, 0.4) is 0 Å². The van der Waals surface area contributed by atoms with Crippen molar-refractivity contribution in [3.8, 4) is 5.75 Å². The van der Waals surface area contributed by atoms with Crippen LogP contribution in [0.1, 0.15) is 47.7 Å². The van der Waals surface area contributed by atoms with E-state index in [0.29, 0.717) is 10.9 Å². The zero-order valence-electron chi connectivity index (χ0n) is 18.2. The molecule has 0 fully saturated rings. The molecule has 0 aliphatic carbocycles. The summed E-state index contributed by atoms with van der Waals surface area (Å²) in [4.78, 5) is 14.6. The van der Waals surface area contributed by atoms with Crippen molar-refractivity contribution in [1.82, 2.24) is 21.1 Å². The normalized spacial score (nSPS) is 10.7. The van der Waals surface area contributed by atoms with Gasteiger partial charge >= 0.3 is 5.91 Å². The number of nitrogens with zero attached hydrogens (tertiary/aromatic N) is 1. The molecular weight excluding hydrogens is 400 g/mol. The third-order valence-electron chi connectivity index (χ3n) is 4.72. The Kier molecular flexibility index (Phi) is 9.63. The molecule has 0 radical (unpaired) electrons. The van der Waals surface area contributed by atoms with Crippen LogP contribution in [0, 0.1) is 13.8 Å². The second kappa shape index (κ2) is 12.2. The molecule has 7 nitrogen and oxygen atoms in total. The number of hydrogen-bond acceptors (Lipinski definition) is 5. The van der Waals surface area contributed by atoms with Crippen molar-refractivity contribution in [2.45, 2.75) is 40.7 Å². The number of furan rings is 1. The van der Waals surface area contributed by atoms with E-state index in [2.05, 4.69) is 34.9 Å². The van der Waals surface area contributed by atoms with Crippen LogP contribution in [0.15, 0.2) is 34.7 Å². The quantitative estimate of drug-likeness (QED) is 0.302. The highest BCUT2D eigenvalue weighted by molar-refractivity contribution is 7.80. The Labute approximate surface area is 184 Å². The first-order valence-electron chi connectivity index (χ1n) is 10.3. The molecule has 0 unspecified atom stereocenters. The SMILES string of the molecule is CCN(CC)CCCNC(=S)NNC(=O)c1ccc(COc2cc(C)ccc2C)o1. The molecule has 2 rings (SSSR count). The van der Waals surface area contributed by atoms with Gasteiger partial charge in [0.05, 0.1) is 0 Å². The highest BCUT2D eigenvalue weighted by Gasteiger charge is 2.12. The number of ether oxygens (including phenoxy) is 1. The first-order valence-corrected chi connectivity index (χ1v) is 10.7. The molecular formula is C22H32N4O3S. The van der Waals surface area contributed by atoms with Gasteiger partial charge < -0.3 is 19.4 Å². The van der Waals surface area contributed by atoms with Gasteiger partial charge in [0.25, 0.3) is 0 Å². The molecule has 8 heteroatoms. The molecule has 164 valence electrons. The van der Waals surface area contributed by atoms with Crippen molar-refractivity contribution in [2.75, 3.05) is 26.2 Å². The molecule has 0 saturated carbocycles. The smallest absolute Gasteiger partial charge is 0.305 e. The molecule has 2 aromatic rings. The van der Waals surface area contributed by atoms with Crippen molar-refractivity contribution in [3.63, 3.8) is 0 Å². The van der Waals surface area contributed by atoms with Gasteiger partial charge in [-0.05, 0) is 81.4 Å². The van der Waals surface area contributed by atoms with Gasteiger partial charge in [0.1, 0.15) is 18.1 Å². The predicted octanol–water partition coefficient (Wildman–Crippen LogP) is 3.32. The molecule has 0 spiro atoms. The number of hydrazine groups is 1. The van der Waals surface area contributed by atoms with E-state index in [9.17, 15) is 4.79 Å². The summed E-state index contributed by atoms with van der Waals surface area (Å²) >= 11 is 5.18. The van der Waals surface area contributed by atoms with Gasteiger partial charge in [-0.3, -0.25) is 15.6 Å². The van der Waals surface area contributed by atoms with E-state index in [4.69, 9.17) is 21.4 Å². The monoisotopic (exact) mass is 432 g/mol. The maximum Gasteiger partial charge on any atom is 0.305 e. The van der Waals surface area contributed by atoms with E-state index in [1.54, 1.807) is 12.1 Å². The van der Waals surface area contributed by atoms with Crippen LogP contribution in [-0.4, -0.2) is 42.1 Å². The predicted molar refractivity (Wildman–Crippen MR) is 123 cm³/mol. The maximum absolute atomic E-state index is 12.2. The maximum atomic E-state index is 12.2. The Morgan fingerprint density at radius 1 is 1.13 bits per heavy atom. The van der Waals surface area contributed by atoms with Crippen LogP contribution >= 0.6 is 12.2 Å². The van der Waals surface area contributed by atoms with Gasteiger partial charge in [-0.15, -0.1) is 0 Å². The molecule has 1 aromatic heterocycles. The van der Waals surface area contributed by atoms with Crippen molar-refractivity contribution in [1.29, 1.82) is 0 Å². The minimum absolute atomic E-state index is 0.186. The number of thiocarbonyl (C=S) groups is 1. The highest BCUT2D eigenvalue weighted by Crippen LogP contribution is 2.21. The second-order valence-electron chi connectivity index (χ2n) is 7.04. The summed E-state index contributed by atoms with van der Waals surface area (Å²) in [6, 6.07) is 9.36. The van der Waals surface area contributed by atoms with Crippen molar-refractivity contribution in [2.24, 2.45) is 0 Å². The fourth-order valence-corrected chi connectivity index (χ4v) is 3.01. The Hall–Kier alpha value is -2.58. The summed E-state index contributed by atoms with van der Waals surface area (Å²) < 4.78 is 11.4. The fourth-order valence-electron chi connectivity index (χ4n) is 2.85. The average Bonchev–Trinajstić information content (AvgIpc) is 3.22. The zero-order valence-corrected chi connectivity index (χ0v) is 19.0. The molecule has 0 aliphatic rings. The van der Waals surface area contributed by atoms with E-state index in [1.807, 2.05) is 32.0 Å². The number of rotatable bonds is 10. The standard InChI is InChI=1S/C22H32N4O3S/c1-5-26(6-2)13-7-12-23-22(30)25-24-21(27)19-11-10-18(29-19)15-28-20-14-16(3)8-9-17(20)4/h8-11,14H,5-7,12-13,15H2,1-4H3,(H,24,27)(H2,23,25,30). The van der Waals surface area contributed by atoms with Crippen LogP contribution in [-0.2, 0) is 6.61 Å². The topological polar surface area (TPSA) is 78.8 Å². The number of hydrogen-bond donors (Lipinski definition) is 3. The molecule has 0 bridgehead atoms. The molecule has 30 heavy (non-hydrogen) atoms. The second-order valence-corrected chi connectivity index (χ2v) is 7.45. The molecule has 0 saturated heterocycles. The van der Waals surface area contributed by atoms with E-state index in [-0.39, 0.29) is 12.4 Å². The minimum Gasteiger partial charge on any atom is -0.485 e. The van der Waals surface area contributed by atoms with E-state index < -0.39 is 5.91 Å². The Morgan fingerprint density at radius 2 is 1.90 bits per heavy atom. The number of aryl methyl sites for hydroxylation is 2. The van der Waals surface area contributed by atoms with E-state index >= 15 is 0 Å². The largest absolute Gasteiger partial charge is 0.485 e. The van der Waals surface area contributed by atoms with Crippen LogP contribution in [0.2, 0.25) is 0 Å². The van der Waals surface area contributed by atoms with Gasteiger partial charge in [0.15, 0.2) is 10.9 Å². The van der Waals surface area contributed by atoms with Crippen LogP contribution < -0.4 is 20.9 Å². The summed E-state index contributed by atoms with van der Waals surface area (Å²) in [6.45, 7) is 12.4. The number of benzene rings is 1. The molecule has 1 aromatic carbocycles. The van der Waals surface area contributed by atoms with Crippen molar-refractivity contribution >= 4 is 23.2 Å². The lowest BCUT2D eigenvalue weighted by atomic mass is 10.1. The summed E-state index contributed by atoms with van der Waals surface area (Å²) in [6.07, 6.45) is 0.972. The summed E-state index contributed by atoms with van der Waals surface area (Å²) in [5, 5.41) is 3.44. The van der Waals surface area contributed by atoms with E-state index in [0.717, 1.165) is 49.5 Å². The Balaban J connectivity index is 1.71. The number of nitrogens with one attached hydrogen (secondary N) is 3. The molecule has 1 amide bonds. The first-order chi connectivity index (χ1) is 14.4.